The van der Waals surface area contributed by atoms with Gasteiger partial charge >= 0.3 is 33.3 Å². The van der Waals surface area contributed by atoms with E-state index in [0.717, 1.165) is 81.4 Å². The minimum Gasteiger partial charge on any atom is -0.462 e. The molecule has 7 atom stereocenters. The summed E-state index contributed by atoms with van der Waals surface area (Å²) in [7, 11) is -10.9. The van der Waals surface area contributed by atoms with Crippen molar-refractivity contribution < 1.29 is 71.4 Å². The number of hydrogen-bond donors (Lipinski definition) is 6. The van der Waals surface area contributed by atoms with Gasteiger partial charge in [-0.3, -0.25) is 23.2 Å². The molecule has 410 valence electrons. The Hall–Kier alpha value is -4.36. The highest BCUT2D eigenvalue weighted by molar-refractivity contribution is 7.61. The highest BCUT2D eigenvalue weighted by Crippen LogP contribution is 2.60. The molecule has 0 bridgehead atoms. The number of anilines is 1. The van der Waals surface area contributed by atoms with E-state index < -0.39 is 83.7 Å². The Morgan fingerprint density at radius 1 is 0.685 bits per heavy atom. The number of allylic oxidation sites excluding steroid dienone is 16. The Balaban J connectivity index is 1.85. The van der Waals surface area contributed by atoms with Crippen LogP contribution in [0, 0.1) is 0 Å². The number of aliphatic hydroxyl groups excluding tert-OH is 3. The standard InChI is InChI=1S/C52H81N3O16P2/c1-2-3-4-5-6-7-8-9-10-12-16-19-22-25-28-31-34-37-48(58)69-44(41-66-47(57)36-33-30-27-24-21-18-15-13-11-14-17-20-23-26-29-32-35-40-56)42-67-72(62,63)71-73(64,65)68-43-45-49(59)50(60)51(70-45)55-39-38-46(53)54-52(55)61/h6-7,9-11,14-16,18-20,23-25,27-28,38-39,44-45,49-51,56,59-60H,2-5,8,12-13,17,21-22,26,29-37,40-43H2,1H3,(H,62,63)(H,64,65)(H2,53,54,61)/b7-6-,10-9-,14-11-,18-15-,19-16-,23-20-,27-24-,28-25-/t44-,45-,49-,50-,51-/m1/s1. The van der Waals surface area contributed by atoms with Crippen molar-refractivity contribution in [2.24, 2.45) is 0 Å². The summed E-state index contributed by atoms with van der Waals surface area (Å²) in [5.41, 5.74) is 4.57. The molecule has 0 spiro atoms. The second-order valence-electron chi connectivity index (χ2n) is 17.0. The number of phosphoric acid groups is 2. The first-order chi connectivity index (χ1) is 35.2. The van der Waals surface area contributed by atoms with E-state index in [4.69, 9.17) is 34.1 Å². The normalized spacial score (nSPS) is 19.8. The number of unbranched alkanes of at least 4 members (excludes halogenated alkanes) is 8. The Labute approximate surface area is 431 Å². The molecular weight excluding hydrogens is 985 g/mol. The van der Waals surface area contributed by atoms with Gasteiger partial charge in [0.05, 0.1) is 13.2 Å². The Bertz CT molecular complexity index is 2100. The van der Waals surface area contributed by atoms with Crippen LogP contribution in [0.4, 0.5) is 5.82 Å². The molecule has 2 unspecified atom stereocenters. The van der Waals surface area contributed by atoms with Crippen LogP contribution in [0.5, 0.6) is 0 Å². The maximum atomic E-state index is 12.8. The van der Waals surface area contributed by atoms with Crippen LogP contribution in [0.15, 0.2) is 114 Å². The molecule has 1 aliphatic heterocycles. The van der Waals surface area contributed by atoms with Gasteiger partial charge in [-0.05, 0) is 102 Å². The number of nitrogen functional groups attached to an aromatic ring is 1. The number of ether oxygens (including phenoxy) is 3. The van der Waals surface area contributed by atoms with Crippen molar-refractivity contribution in [3.05, 3.63) is 120 Å². The van der Waals surface area contributed by atoms with Crippen molar-refractivity contribution in [2.75, 3.05) is 32.2 Å². The zero-order chi connectivity index (χ0) is 53.4. The van der Waals surface area contributed by atoms with Crippen molar-refractivity contribution in [2.45, 2.75) is 166 Å². The number of hydrogen-bond acceptors (Lipinski definition) is 16. The molecule has 73 heavy (non-hydrogen) atoms. The fourth-order valence-corrected chi connectivity index (χ4v) is 8.86. The summed E-state index contributed by atoms with van der Waals surface area (Å²) >= 11 is 0. The summed E-state index contributed by atoms with van der Waals surface area (Å²) in [6.45, 7) is 0.00641. The number of aromatic nitrogens is 2. The van der Waals surface area contributed by atoms with Crippen LogP contribution >= 0.6 is 15.6 Å². The minimum absolute atomic E-state index is 0.0239. The van der Waals surface area contributed by atoms with E-state index in [0.29, 0.717) is 25.7 Å². The summed E-state index contributed by atoms with van der Waals surface area (Å²) in [4.78, 5) is 61.9. The number of esters is 2. The second kappa shape index (κ2) is 40.0. The lowest BCUT2D eigenvalue weighted by Gasteiger charge is -2.21. The summed E-state index contributed by atoms with van der Waals surface area (Å²) in [6, 6.07) is 1.24. The predicted molar refractivity (Wildman–Crippen MR) is 281 cm³/mol. The van der Waals surface area contributed by atoms with E-state index in [9.17, 15) is 43.5 Å². The molecule has 7 N–H and O–H groups in total. The fourth-order valence-electron chi connectivity index (χ4n) is 6.75. The van der Waals surface area contributed by atoms with Crippen LogP contribution in [-0.4, -0.2) is 97.4 Å². The van der Waals surface area contributed by atoms with Crippen molar-refractivity contribution in [1.29, 1.82) is 0 Å². The fraction of sp³-hybridized carbons (Fsp3) is 0.577. The molecule has 0 radical (unpaired) electrons. The van der Waals surface area contributed by atoms with Crippen molar-refractivity contribution in [3.63, 3.8) is 0 Å². The molecule has 1 aliphatic rings. The van der Waals surface area contributed by atoms with Crippen molar-refractivity contribution >= 4 is 33.4 Å². The van der Waals surface area contributed by atoms with E-state index in [-0.39, 0.29) is 25.3 Å². The third kappa shape index (κ3) is 32.5. The third-order valence-electron chi connectivity index (χ3n) is 10.7. The van der Waals surface area contributed by atoms with Crippen LogP contribution in [0.25, 0.3) is 0 Å². The largest absolute Gasteiger partial charge is 0.481 e. The number of carbonyl (C=O) groups is 2. The summed E-state index contributed by atoms with van der Waals surface area (Å²) in [5.74, 6) is -1.46. The number of aliphatic hydroxyl groups is 3. The zero-order valence-electron chi connectivity index (χ0n) is 42.3. The van der Waals surface area contributed by atoms with Gasteiger partial charge in [0, 0.05) is 25.6 Å². The van der Waals surface area contributed by atoms with Gasteiger partial charge < -0.3 is 45.1 Å². The van der Waals surface area contributed by atoms with Crippen molar-refractivity contribution in [3.8, 4) is 0 Å². The molecule has 0 saturated carbocycles. The Kier molecular flexibility index (Phi) is 35.5. The Morgan fingerprint density at radius 3 is 1.67 bits per heavy atom. The van der Waals surface area contributed by atoms with E-state index >= 15 is 0 Å². The van der Waals surface area contributed by atoms with Gasteiger partial charge in [-0.15, -0.1) is 0 Å². The van der Waals surface area contributed by atoms with Gasteiger partial charge in [-0.2, -0.15) is 9.29 Å². The van der Waals surface area contributed by atoms with Crippen LogP contribution in [-0.2, 0) is 46.3 Å². The molecule has 2 heterocycles. The van der Waals surface area contributed by atoms with Gasteiger partial charge in [0.2, 0.25) is 0 Å². The molecule has 1 saturated heterocycles. The topological polar surface area (TPSA) is 286 Å². The van der Waals surface area contributed by atoms with E-state index in [1.54, 1.807) is 0 Å². The first kappa shape index (κ1) is 64.8. The van der Waals surface area contributed by atoms with Crippen LogP contribution < -0.4 is 11.4 Å². The monoisotopic (exact) mass is 1070 g/mol. The van der Waals surface area contributed by atoms with Gasteiger partial charge in [-0.1, -0.05) is 123 Å². The first-order valence-electron chi connectivity index (χ1n) is 25.4. The molecule has 0 aliphatic carbocycles. The van der Waals surface area contributed by atoms with Crippen LogP contribution in [0.2, 0.25) is 0 Å². The SMILES string of the molecule is CCCCC/C=C\C/C=C\C/C=C\C/C=C\CCCC(=O)O[C@H](COC(=O)CCC/C=C\C/C=C\C/C=C\C/C=C\CCCCCO)COP(=O)(O)OP(=O)(O)OC[C@H]1O[C@@H](n2ccc(N)nc2=O)[C@H](O)[C@@H]1O. The second-order valence-corrected chi connectivity index (χ2v) is 20.1. The third-order valence-corrected chi connectivity index (χ3v) is 13.3. The van der Waals surface area contributed by atoms with Crippen LogP contribution in [0.1, 0.15) is 142 Å². The molecule has 2 rings (SSSR count). The lowest BCUT2D eigenvalue weighted by Crippen LogP contribution is -2.36. The molecular formula is C52H81N3O16P2. The lowest BCUT2D eigenvalue weighted by molar-refractivity contribution is -0.161. The molecule has 1 aromatic heterocycles. The average Bonchev–Trinajstić information content (AvgIpc) is 3.63. The summed E-state index contributed by atoms with van der Waals surface area (Å²) < 4.78 is 56.6. The minimum atomic E-state index is -5.46. The quantitative estimate of drug-likeness (QED) is 0.0154. The van der Waals surface area contributed by atoms with Crippen molar-refractivity contribution in [1.82, 2.24) is 9.55 Å². The highest BCUT2D eigenvalue weighted by Gasteiger charge is 2.46. The molecule has 1 aromatic rings. The molecule has 21 heteroatoms. The predicted octanol–water partition coefficient (Wildman–Crippen LogP) is 9.41. The number of rotatable bonds is 41. The van der Waals surface area contributed by atoms with Gasteiger partial charge in [0.15, 0.2) is 12.3 Å². The van der Waals surface area contributed by atoms with E-state index in [2.05, 4.69) is 89.1 Å². The van der Waals surface area contributed by atoms with Gasteiger partial charge in [0.25, 0.3) is 0 Å². The average molecular weight is 1070 g/mol. The maximum Gasteiger partial charge on any atom is 0.481 e. The summed E-state index contributed by atoms with van der Waals surface area (Å²) in [5, 5.41) is 29.7. The maximum absolute atomic E-state index is 12.8. The Morgan fingerprint density at radius 2 is 1.16 bits per heavy atom. The van der Waals surface area contributed by atoms with E-state index in [1.807, 2.05) is 24.3 Å². The highest BCUT2D eigenvalue weighted by atomic mass is 31.3. The number of carbonyl (C=O) groups excluding carboxylic acids is 2. The van der Waals surface area contributed by atoms with Gasteiger partial charge in [-0.25, -0.2) is 13.9 Å². The van der Waals surface area contributed by atoms with E-state index in [1.165, 1.54) is 25.3 Å². The summed E-state index contributed by atoms with van der Waals surface area (Å²) in [6.07, 6.45) is 42.3. The number of nitrogens with zero attached hydrogens (tertiary/aromatic N) is 2. The zero-order valence-corrected chi connectivity index (χ0v) is 44.1. The first-order valence-corrected chi connectivity index (χ1v) is 28.3. The van der Waals surface area contributed by atoms with Crippen LogP contribution in [0.3, 0.4) is 0 Å². The number of nitrogens with two attached hydrogens (primary N) is 1. The molecule has 0 aromatic carbocycles. The molecule has 19 nitrogen and oxygen atoms in total. The molecule has 1 fully saturated rings. The number of phosphoric ester groups is 2. The van der Waals surface area contributed by atoms with Gasteiger partial charge in [0.1, 0.15) is 30.7 Å². The smallest absolute Gasteiger partial charge is 0.462 e. The molecule has 0 amide bonds. The lowest BCUT2D eigenvalue weighted by atomic mass is 10.1.